The van der Waals surface area contributed by atoms with Gasteiger partial charge in [0.05, 0.1) is 0 Å². The first-order valence-corrected chi connectivity index (χ1v) is 6.81. The number of benzene rings is 1. The first-order valence-electron chi connectivity index (χ1n) is 6.81. The van der Waals surface area contributed by atoms with Crippen LogP contribution in [0.4, 0.5) is 0 Å². The molecule has 0 fully saturated rings. The molecule has 0 spiro atoms. The lowest BCUT2D eigenvalue weighted by Gasteiger charge is -2.14. The fourth-order valence-corrected chi connectivity index (χ4v) is 1.68. The van der Waals surface area contributed by atoms with Gasteiger partial charge in [-0.1, -0.05) is 11.6 Å². The highest BCUT2D eigenvalue weighted by atomic mass is 16.5. The van der Waals surface area contributed by atoms with E-state index < -0.39 is 23.8 Å². The van der Waals surface area contributed by atoms with Crippen LogP contribution in [0, 0.1) is 0 Å². The Morgan fingerprint density at radius 1 is 1.18 bits per heavy atom. The fourth-order valence-electron chi connectivity index (χ4n) is 1.68. The van der Waals surface area contributed by atoms with Crippen LogP contribution >= 0.6 is 0 Å². The monoisotopic (exact) mass is 304 g/mol. The van der Waals surface area contributed by atoms with Gasteiger partial charge in [-0.05, 0) is 44.5 Å². The molecule has 22 heavy (non-hydrogen) atoms. The number of carbonyl (C=O) groups excluding carboxylic acids is 3. The lowest BCUT2D eigenvalue weighted by atomic mass is 10.1. The molecule has 1 aromatic rings. The Morgan fingerprint density at radius 2 is 1.77 bits per heavy atom. The van der Waals surface area contributed by atoms with Gasteiger partial charge in [-0.15, -0.1) is 0 Å². The molecule has 0 bridgehead atoms. The Hall–Kier alpha value is -2.63. The van der Waals surface area contributed by atoms with Gasteiger partial charge in [0.2, 0.25) is 5.91 Å². The van der Waals surface area contributed by atoms with Crippen LogP contribution in [-0.4, -0.2) is 23.8 Å². The standard InChI is InChI=1S/C16H20N2O4/c1-10(2)4-9-14(15(17)20)18-16(21)12-5-7-13(8-6-12)22-11(3)19/h4-8,14H,9H2,1-3H3,(H2,17,20)(H,18,21)/t14-/m0/s1. The van der Waals surface area contributed by atoms with E-state index in [0.717, 1.165) is 5.57 Å². The molecule has 2 amide bonds. The predicted octanol–water partition coefficient (Wildman–Crippen LogP) is 1.55. The minimum absolute atomic E-state index is 0.342. The van der Waals surface area contributed by atoms with Crippen molar-refractivity contribution in [3.05, 3.63) is 41.5 Å². The molecule has 1 aromatic carbocycles. The van der Waals surface area contributed by atoms with Crippen LogP contribution in [0.25, 0.3) is 0 Å². The lowest BCUT2D eigenvalue weighted by molar-refractivity contribution is -0.131. The summed E-state index contributed by atoms with van der Waals surface area (Å²) < 4.78 is 4.88. The third-order valence-electron chi connectivity index (χ3n) is 2.79. The Labute approximate surface area is 129 Å². The number of allylic oxidation sites excluding steroid dienone is 1. The number of primary amides is 1. The van der Waals surface area contributed by atoms with Gasteiger partial charge in [-0.3, -0.25) is 14.4 Å². The summed E-state index contributed by atoms with van der Waals surface area (Å²) in [6.07, 6.45) is 2.18. The smallest absolute Gasteiger partial charge is 0.308 e. The quantitative estimate of drug-likeness (QED) is 0.473. The van der Waals surface area contributed by atoms with Gasteiger partial charge < -0.3 is 15.8 Å². The van der Waals surface area contributed by atoms with Crippen molar-refractivity contribution in [3.8, 4) is 5.75 Å². The number of hydrogen-bond donors (Lipinski definition) is 2. The summed E-state index contributed by atoms with van der Waals surface area (Å²) in [6, 6.07) is 5.26. The Morgan fingerprint density at radius 3 is 2.23 bits per heavy atom. The summed E-state index contributed by atoms with van der Waals surface area (Å²) in [5.74, 6) is -1.10. The molecule has 1 atom stereocenters. The van der Waals surface area contributed by atoms with Gasteiger partial charge in [0, 0.05) is 12.5 Å². The molecule has 0 aromatic heterocycles. The maximum Gasteiger partial charge on any atom is 0.308 e. The van der Waals surface area contributed by atoms with Crippen molar-refractivity contribution in [2.24, 2.45) is 5.73 Å². The summed E-state index contributed by atoms with van der Waals surface area (Å²) in [5.41, 5.74) is 6.67. The molecule has 0 heterocycles. The van der Waals surface area contributed by atoms with Crippen LogP contribution < -0.4 is 15.8 Å². The van der Waals surface area contributed by atoms with E-state index in [4.69, 9.17) is 10.5 Å². The van der Waals surface area contributed by atoms with Crippen LogP contribution in [-0.2, 0) is 9.59 Å². The Balaban J connectivity index is 2.75. The number of carbonyl (C=O) groups is 3. The van der Waals surface area contributed by atoms with E-state index in [0.29, 0.717) is 17.7 Å². The molecule has 0 unspecified atom stereocenters. The maximum atomic E-state index is 12.1. The van der Waals surface area contributed by atoms with Gasteiger partial charge in [0.15, 0.2) is 0 Å². The van der Waals surface area contributed by atoms with E-state index >= 15 is 0 Å². The van der Waals surface area contributed by atoms with E-state index in [1.807, 2.05) is 19.9 Å². The predicted molar refractivity (Wildman–Crippen MR) is 82.2 cm³/mol. The van der Waals surface area contributed by atoms with Crippen molar-refractivity contribution < 1.29 is 19.1 Å². The second-order valence-electron chi connectivity index (χ2n) is 5.06. The molecule has 0 radical (unpaired) electrons. The molecule has 0 aliphatic heterocycles. The second-order valence-corrected chi connectivity index (χ2v) is 5.06. The van der Waals surface area contributed by atoms with E-state index in [-0.39, 0.29) is 0 Å². The third kappa shape index (κ3) is 5.78. The molecule has 6 heteroatoms. The van der Waals surface area contributed by atoms with Crippen LogP contribution in [0.2, 0.25) is 0 Å². The number of esters is 1. The molecule has 6 nitrogen and oxygen atoms in total. The van der Waals surface area contributed by atoms with Crippen molar-refractivity contribution in [2.75, 3.05) is 0 Å². The average Bonchev–Trinajstić information content (AvgIpc) is 2.42. The van der Waals surface area contributed by atoms with E-state index in [2.05, 4.69) is 5.32 Å². The number of nitrogens with one attached hydrogen (secondary N) is 1. The van der Waals surface area contributed by atoms with Crippen LogP contribution in [0.15, 0.2) is 35.9 Å². The van der Waals surface area contributed by atoms with E-state index in [1.54, 1.807) is 0 Å². The molecule has 3 N–H and O–H groups in total. The summed E-state index contributed by atoms with van der Waals surface area (Å²) in [7, 11) is 0. The number of amides is 2. The number of rotatable bonds is 6. The molecule has 1 rings (SSSR count). The van der Waals surface area contributed by atoms with Gasteiger partial charge in [0.25, 0.3) is 5.91 Å². The first kappa shape index (κ1) is 17.4. The Kier molecular flexibility index (Phi) is 6.31. The molecule has 0 saturated carbocycles. The van der Waals surface area contributed by atoms with Gasteiger partial charge in [-0.25, -0.2) is 0 Å². The highest BCUT2D eigenvalue weighted by Gasteiger charge is 2.17. The fraction of sp³-hybridized carbons (Fsp3) is 0.312. The SMILES string of the molecule is CC(=O)Oc1ccc(C(=O)N[C@@H](CC=C(C)C)C(N)=O)cc1. The molecular formula is C16H20N2O4. The molecule has 0 aliphatic carbocycles. The Bertz CT molecular complexity index is 587. The number of nitrogens with two attached hydrogens (primary N) is 1. The summed E-state index contributed by atoms with van der Waals surface area (Å²) >= 11 is 0. The van der Waals surface area contributed by atoms with Crippen LogP contribution in [0.5, 0.6) is 5.75 Å². The highest BCUT2D eigenvalue weighted by molar-refractivity contribution is 5.97. The molecular weight excluding hydrogens is 284 g/mol. The summed E-state index contributed by atoms with van der Waals surface area (Å²) in [6.45, 7) is 5.09. The van der Waals surface area contributed by atoms with Crippen molar-refractivity contribution in [3.63, 3.8) is 0 Å². The number of hydrogen-bond acceptors (Lipinski definition) is 4. The van der Waals surface area contributed by atoms with E-state index in [9.17, 15) is 14.4 Å². The first-order chi connectivity index (χ1) is 10.3. The van der Waals surface area contributed by atoms with Gasteiger partial charge >= 0.3 is 5.97 Å². The van der Waals surface area contributed by atoms with Gasteiger partial charge in [-0.2, -0.15) is 0 Å². The zero-order valence-electron chi connectivity index (χ0n) is 12.9. The number of ether oxygens (including phenoxy) is 1. The molecule has 118 valence electrons. The summed E-state index contributed by atoms with van der Waals surface area (Å²) in [4.78, 5) is 34.3. The zero-order chi connectivity index (χ0) is 16.7. The maximum absolute atomic E-state index is 12.1. The van der Waals surface area contributed by atoms with Crippen molar-refractivity contribution in [1.29, 1.82) is 0 Å². The zero-order valence-corrected chi connectivity index (χ0v) is 12.9. The third-order valence-corrected chi connectivity index (χ3v) is 2.79. The lowest BCUT2D eigenvalue weighted by Crippen LogP contribution is -2.44. The van der Waals surface area contributed by atoms with Crippen molar-refractivity contribution in [2.45, 2.75) is 33.2 Å². The minimum Gasteiger partial charge on any atom is -0.427 e. The normalized spacial score (nSPS) is 11.2. The average molecular weight is 304 g/mol. The van der Waals surface area contributed by atoms with E-state index in [1.165, 1.54) is 31.2 Å². The summed E-state index contributed by atoms with van der Waals surface area (Å²) in [5, 5.41) is 2.58. The van der Waals surface area contributed by atoms with Crippen LogP contribution in [0.1, 0.15) is 37.6 Å². The van der Waals surface area contributed by atoms with Crippen molar-refractivity contribution in [1.82, 2.24) is 5.32 Å². The molecule has 0 saturated heterocycles. The topological polar surface area (TPSA) is 98.5 Å². The van der Waals surface area contributed by atoms with Crippen LogP contribution in [0.3, 0.4) is 0 Å². The molecule has 0 aliphatic rings. The second kappa shape index (κ2) is 7.97. The minimum atomic E-state index is -0.768. The largest absolute Gasteiger partial charge is 0.427 e. The van der Waals surface area contributed by atoms with Crippen molar-refractivity contribution >= 4 is 17.8 Å². The highest BCUT2D eigenvalue weighted by Crippen LogP contribution is 2.12. The van der Waals surface area contributed by atoms with Gasteiger partial charge in [0.1, 0.15) is 11.8 Å².